The van der Waals surface area contributed by atoms with Crippen molar-refractivity contribution in [1.82, 2.24) is 5.32 Å². The fourth-order valence-electron chi connectivity index (χ4n) is 2.44. The molecule has 1 N–H and O–H groups in total. The van der Waals surface area contributed by atoms with Crippen molar-refractivity contribution < 1.29 is 9.53 Å². The van der Waals surface area contributed by atoms with E-state index in [1.807, 2.05) is 25.1 Å². The van der Waals surface area contributed by atoms with Gasteiger partial charge >= 0.3 is 0 Å². The molecule has 4 heteroatoms. The molecule has 0 saturated carbocycles. The maximum atomic E-state index is 12.2. The third-order valence-corrected chi connectivity index (χ3v) is 5.01. The van der Waals surface area contributed by atoms with Gasteiger partial charge < -0.3 is 10.1 Å². The topological polar surface area (TPSA) is 38.3 Å². The van der Waals surface area contributed by atoms with Gasteiger partial charge in [0, 0.05) is 4.90 Å². The Bertz CT molecular complexity index is 683. The summed E-state index contributed by atoms with van der Waals surface area (Å²) >= 11 is 1.57. The number of hydrogen-bond acceptors (Lipinski definition) is 3. The first kappa shape index (κ1) is 19.4. The van der Waals surface area contributed by atoms with Crippen molar-refractivity contribution >= 4 is 17.7 Å². The fourth-order valence-corrected chi connectivity index (χ4v) is 3.33. The minimum Gasteiger partial charge on any atom is -0.491 e. The van der Waals surface area contributed by atoms with Crippen molar-refractivity contribution in [1.29, 1.82) is 0 Å². The van der Waals surface area contributed by atoms with Gasteiger partial charge in [-0.2, -0.15) is 0 Å². The average molecular weight is 358 g/mol. The maximum absolute atomic E-state index is 12.2. The number of hydrogen-bond donors (Lipinski definition) is 1. The van der Waals surface area contributed by atoms with Gasteiger partial charge in [-0.3, -0.25) is 4.79 Å². The Morgan fingerprint density at radius 2 is 1.76 bits per heavy atom. The van der Waals surface area contributed by atoms with Gasteiger partial charge in [0.05, 0.1) is 11.8 Å². The van der Waals surface area contributed by atoms with Gasteiger partial charge in [-0.15, -0.1) is 11.8 Å². The van der Waals surface area contributed by atoms with Crippen LogP contribution in [0.2, 0.25) is 0 Å². The second-order valence-corrected chi connectivity index (χ2v) is 7.82. The van der Waals surface area contributed by atoms with Crippen LogP contribution in [0.25, 0.3) is 0 Å². The van der Waals surface area contributed by atoms with E-state index in [4.69, 9.17) is 4.74 Å². The molecule has 25 heavy (non-hydrogen) atoms. The maximum Gasteiger partial charge on any atom is 0.233 e. The number of para-hydroxylation sites is 1. The molecule has 1 amide bonds. The van der Waals surface area contributed by atoms with Gasteiger partial charge in [-0.1, -0.05) is 49.7 Å². The van der Waals surface area contributed by atoms with Crippen molar-refractivity contribution in [3.05, 3.63) is 59.7 Å². The van der Waals surface area contributed by atoms with Gasteiger partial charge in [0.1, 0.15) is 12.4 Å². The predicted molar refractivity (Wildman–Crippen MR) is 106 cm³/mol. The van der Waals surface area contributed by atoms with Crippen LogP contribution in [0, 0.1) is 6.92 Å². The summed E-state index contributed by atoms with van der Waals surface area (Å²) in [7, 11) is 0. The van der Waals surface area contributed by atoms with E-state index in [0.717, 1.165) is 10.6 Å². The number of aryl methyl sites for hydroxylation is 1. The molecule has 0 spiro atoms. The lowest BCUT2D eigenvalue weighted by Crippen LogP contribution is -2.34. The molecule has 0 saturated heterocycles. The van der Waals surface area contributed by atoms with E-state index in [-0.39, 0.29) is 11.2 Å². The lowest BCUT2D eigenvalue weighted by Gasteiger charge is -2.15. The van der Waals surface area contributed by atoms with Gasteiger partial charge in [-0.05, 0) is 43.5 Å². The number of carbonyl (C=O) groups is 1. The summed E-state index contributed by atoms with van der Waals surface area (Å²) in [6.07, 6.45) is 0. The summed E-state index contributed by atoms with van der Waals surface area (Å²) in [6.45, 7) is 9.25. The van der Waals surface area contributed by atoms with E-state index in [0.29, 0.717) is 19.1 Å². The molecule has 0 aliphatic rings. The monoisotopic (exact) mass is 357 g/mol. The van der Waals surface area contributed by atoms with Gasteiger partial charge in [-0.25, -0.2) is 0 Å². The molecule has 0 unspecified atom stereocenters. The van der Waals surface area contributed by atoms with Crippen LogP contribution in [0.5, 0.6) is 5.75 Å². The predicted octanol–water partition coefficient (Wildman–Crippen LogP) is 4.79. The molecule has 0 radical (unpaired) electrons. The smallest absolute Gasteiger partial charge is 0.233 e. The Kier molecular flexibility index (Phi) is 7.38. The largest absolute Gasteiger partial charge is 0.491 e. The van der Waals surface area contributed by atoms with Crippen molar-refractivity contribution in [2.45, 2.75) is 43.8 Å². The van der Waals surface area contributed by atoms with Gasteiger partial charge in [0.15, 0.2) is 0 Å². The van der Waals surface area contributed by atoms with E-state index in [9.17, 15) is 4.79 Å². The molecule has 1 atom stereocenters. The van der Waals surface area contributed by atoms with E-state index in [1.54, 1.807) is 11.8 Å². The van der Waals surface area contributed by atoms with Crippen LogP contribution < -0.4 is 10.1 Å². The standard InChI is InChI=1S/C21H27NO2S/c1-15(2)19-7-5-6-8-20(19)24-14-13-22-21(23)17(4)25-18-11-9-16(3)10-12-18/h5-12,15,17H,13-14H2,1-4H3,(H,22,23)/t17-/m0/s1. The zero-order valence-electron chi connectivity index (χ0n) is 15.4. The first-order chi connectivity index (χ1) is 12.0. The lowest BCUT2D eigenvalue weighted by molar-refractivity contribution is -0.120. The summed E-state index contributed by atoms with van der Waals surface area (Å²) in [6, 6.07) is 16.3. The molecule has 134 valence electrons. The van der Waals surface area contributed by atoms with Crippen LogP contribution >= 0.6 is 11.8 Å². The molecule has 0 bridgehead atoms. The highest BCUT2D eigenvalue weighted by Crippen LogP contribution is 2.26. The molecule has 3 nitrogen and oxygen atoms in total. The molecule has 2 aromatic rings. The number of amides is 1. The molecule has 2 aromatic carbocycles. The molecule has 0 heterocycles. The van der Waals surface area contributed by atoms with Crippen LogP contribution in [0.3, 0.4) is 0 Å². The highest BCUT2D eigenvalue weighted by molar-refractivity contribution is 8.00. The summed E-state index contributed by atoms with van der Waals surface area (Å²) in [5.41, 5.74) is 2.41. The number of rotatable bonds is 8. The summed E-state index contributed by atoms with van der Waals surface area (Å²) in [5, 5.41) is 2.81. The molecule has 0 aliphatic carbocycles. The van der Waals surface area contributed by atoms with E-state index in [1.165, 1.54) is 11.1 Å². The van der Waals surface area contributed by atoms with E-state index >= 15 is 0 Å². The van der Waals surface area contributed by atoms with Crippen LogP contribution in [-0.4, -0.2) is 24.3 Å². The van der Waals surface area contributed by atoms with Crippen molar-refractivity contribution in [3.8, 4) is 5.75 Å². The van der Waals surface area contributed by atoms with Crippen molar-refractivity contribution in [3.63, 3.8) is 0 Å². The number of benzene rings is 2. The number of thioether (sulfide) groups is 1. The Labute approximate surface area is 155 Å². The minimum absolute atomic E-state index is 0.0336. The van der Waals surface area contributed by atoms with Crippen LogP contribution in [0.15, 0.2) is 53.4 Å². The number of carbonyl (C=O) groups excluding carboxylic acids is 1. The average Bonchev–Trinajstić information content (AvgIpc) is 2.60. The first-order valence-corrected chi connectivity index (χ1v) is 9.58. The second-order valence-electron chi connectivity index (χ2n) is 6.41. The quantitative estimate of drug-likeness (QED) is 0.545. The SMILES string of the molecule is Cc1ccc(S[C@@H](C)C(=O)NCCOc2ccccc2C(C)C)cc1. The van der Waals surface area contributed by atoms with E-state index < -0.39 is 0 Å². The molecule has 2 rings (SSSR count). The lowest BCUT2D eigenvalue weighted by atomic mass is 10.0. The second kappa shape index (κ2) is 9.52. The third-order valence-electron chi connectivity index (χ3n) is 3.90. The first-order valence-electron chi connectivity index (χ1n) is 8.70. The van der Waals surface area contributed by atoms with Gasteiger partial charge in [0.25, 0.3) is 0 Å². The third kappa shape index (κ3) is 6.13. The minimum atomic E-state index is -0.134. The molecule has 0 aromatic heterocycles. The zero-order chi connectivity index (χ0) is 18.2. The Balaban J connectivity index is 1.76. The Morgan fingerprint density at radius 3 is 2.44 bits per heavy atom. The molecular formula is C21H27NO2S. The highest BCUT2D eigenvalue weighted by atomic mass is 32.2. The molecule has 0 fully saturated rings. The molecular weight excluding hydrogens is 330 g/mol. The van der Waals surface area contributed by atoms with Crippen LogP contribution in [0.4, 0.5) is 0 Å². The normalized spacial score (nSPS) is 12.0. The summed E-state index contributed by atoms with van der Waals surface area (Å²) in [4.78, 5) is 13.3. The van der Waals surface area contributed by atoms with Crippen molar-refractivity contribution in [2.75, 3.05) is 13.2 Å². The Morgan fingerprint density at radius 1 is 1.08 bits per heavy atom. The fraction of sp³-hybridized carbons (Fsp3) is 0.381. The van der Waals surface area contributed by atoms with Gasteiger partial charge in [0.2, 0.25) is 5.91 Å². The summed E-state index contributed by atoms with van der Waals surface area (Å²) in [5.74, 6) is 1.34. The molecule has 0 aliphatic heterocycles. The van der Waals surface area contributed by atoms with E-state index in [2.05, 4.69) is 56.4 Å². The van der Waals surface area contributed by atoms with Crippen molar-refractivity contribution in [2.24, 2.45) is 0 Å². The summed E-state index contributed by atoms with van der Waals surface area (Å²) < 4.78 is 5.84. The highest BCUT2D eigenvalue weighted by Gasteiger charge is 2.14. The van der Waals surface area contributed by atoms with Crippen LogP contribution in [0.1, 0.15) is 37.8 Å². The number of nitrogens with one attached hydrogen (secondary N) is 1. The van der Waals surface area contributed by atoms with Crippen LogP contribution in [-0.2, 0) is 4.79 Å². The number of ether oxygens (including phenoxy) is 1. The zero-order valence-corrected chi connectivity index (χ0v) is 16.2. The Hall–Kier alpha value is -1.94.